The number of allylic oxidation sites excluding steroid dienone is 4. The number of ether oxygens (including phenoxy) is 1. The first-order valence-electron chi connectivity index (χ1n) is 8.83. The van der Waals surface area contributed by atoms with Crippen LogP contribution in [0.4, 0.5) is 0 Å². The maximum absolute atomic E-state index is 11.8. The molecule has 3 heteroatoms. The van der Waals surface area contributed by atoms with Gasteiger partial charge in [-0.3, -0.25) is 0 Å². The average Bonchev–Trinajstić information content (AvgIpc) is 2.62. The van der Waals surface area contributed by atoms with E-state index in [1.54, 1.807) is 12.1 Å². The fourth-order valence-electron chi connectivity index (χ4n) is 2.28. The molecule has 0 aliphatic rings. The van der Waals surface area contributed by atoms with E-state index in [4.69, 9.17) is 9.84 Å². The molecule has 3 nitrogen and oxygen atoms in total. The Morgan fingerprint density at radius 2 is 1.48 bits per heavy atom. The molecule has 0 atom stereocenters. The highest BCUT2D eigenvalue weighted by molar-refractivity contribution is 5.89. The van der Waals surface area contributed by atoms with E-state index in [1.807, 2.05) is 31.2 Å². The minimum Gasteiger partial charge on any atom is -0.458 e. The summed E-state index contributed by atoms with van der Waals surface area (Å²) in [6.07, 6.45) is 10.3. The molecule has 1 N–H and O–H groups in total. The third-order valence-corrected chi connectivity index (χ3v) is 3.97. The molecule has 0 saturated carbocycles. The van der Waals surface area contributed by atoms with Crippen molar-refractivity contribution in [2.24, 2.45) is 0 Å². The van der Waals surface area contributed by atoms with Crippen LogP contribution in [0.15, 0.2) is 65.3 Å². The number of hydrogen-bond acceptors (Lipinski definition) is 3. The van der Waals surface area contributed by atoms with Crippen molar-refractivity contribution in [1.82, 2.24) is 0 Å². The molecule has 1 rings (SSSR count). The van der Waals surface area contributed by atoms with Crippen LogP contribution < -0.4 is 0 Å². The van der Waals surface area contributed by atoms with Gasteiger partial charge in [0.1, 0.15) is 6.61 Å². The van der Waals surface area contributed by atoms with Crippen molar-refractivity contribution in [3.05, 3.63) is 70.8 Å². The number of aliphatic hydroxyl groups is 1. The van der Waals surface area contributed by atoms with Gasteiger partial charge in [-0.15, -0.1) is 0 Å². The van der Waals surface area contributed by atoms with Gasteiger partial charge in [0.25, 0.3) is 0 Å². The smallest absolute Gasteiger partial charge is 0.338 e. The SMILES string of the molecule is C/C(=C\CC/C(C)=C/CC/C(C)=C/COC(=O)c1ccccc1)CO. The molecule has 0 fully saturated rings. The lowest BCUT2D eigenvalue weighted by molar-refractivity contribution is 0.0549. The molecule has 0 aliphatic carbocycles. The summed E-state index contributed by atoms with van der Waals surface area (Å²) in [6.45, 7) is 6.60. The Kier molecular flexibility index (Phi) is 10.3. The fourth-order valence-corrected chi connectivity index (χ4v) is 2.28. The summed E-state index contributed by atoms with van der Waals surface area (Å²) in [4.78, 5) is 11.8. The predicted molar refractivity (Wildman–Crippen MR) is 104 cm³/mol. The molecular formula is C22H30O3. The zero-order valence-corrected chi connectivity index (χ0v) is 15.6. The Labute approximate surface area is 151 Å². The predicted octanol–water partition coefficient (Wildman–Crippen LogP) is 5.24. The Hall–Kier alpha value is -2.13. The second-order valence-corrected chi connectivity index (χ2v) is 6.35. The van der Waals surface area contributed by atoms with Crippen molar-refractivity contribution in [2.75, 3.05) is 13.2 Å². The second kappa shape index (κ2) is 12.3. The Balaban J connectivity index is 2.26. The molecule has 0 heterocycles. The lowest BCUT2D eigenvalue weighted by atomic mass is 10.1. The van der Waals surface area contributed by atoms with Gasteiger partial charge in [-0.05, 0) is 64.7 Å². The normalized spacial score (nSPS) is 13.0. The van der Waals surface area contributed by atoms with Gasteiger partial charge in [0.05, 0.1) is 12.2 Å². The molecule has 0 aromatic heterocycles. The quantitative estimate of drug-likeness (QED) is 0.467. The van der Waals surface area contributed by atoms with Gasteiger partial charge in [-0.1, -0.05) is 47.1 Å². The number of aliphatic hydroxyl groups excluding tert-OH is 1. The molecule has 0 spiro atoms. The first-order chi connectivity index (χ1) is 12.0. The van der Waals surface area contributed by atoms with Crippen molar-refractivity contribution in [3.8, 4) is 0 Å². The Bertz CT molecular complexity index is 609. The zero-order chi connectivity index (χ0) is 18.5. The van der Waals surface area contributed by atoms with Crippen LogP contribution >= 0.6 is 0 Å². The summed E-state index contributed by atoms with van der Waals surface area (Å²) in [7, 11) is 0. The number of carbonyl (C=O) groups excluding carboxylic acids is 1. The van der Waals surface area contributed by atoms with E-state index in [2.05, 4.69) is 26.0 Å². The van der Waals surface area contributed by atoms with E-state index < -0.39 is 0 Å². The number of carbonyl (C=O) groups is 1. The van der Waals surface area contributed by atoms with Gasteiger partial charge in [0.15, 0.2) is 0 Å². The average molecular weight is 342 g/mol. The van der Waals surface area contributed by atoms with Crippen molar-refractivity contribution in [2.45, 2.75) is 46.5 Å². The van der Waals surface area contributed by atoms with Crippen LogP contribution in [-0.2, 0) is 4.74 Å². The maximum atomic E-state index is 11.8. The monoisotopic (exact) mass is 342 g/mol. The maximum Gasteiger partial charge on any atom is 0.338 e. The highest BCUT2D eigenvalue weighted by Gasteiger charge is 2.04. The topological polar surface area (TPSA) is 46.5 Å². The van der Waals surface area contributed by atoms with Gasteiger partial charge < -0.3 is 9.84 Å². The molecule has 1 aromatic rings. The number of esters is 1. The summed E-state index contributed by atoms with van der Waals surface area (Å²) in [6, 6.07) is 9.04. The summed E-state index contributed by atoms with van der Waals surface area (Å²) in [5.74, 6) is -0.286. The summed E-state index contributed by atoms with van der Waals surface area (Å²) in [5, 5.41) is 8.95. The molecule has 0 saturated heterocycles. The van der Waals surface area contributed by atoms with E-state index in [9.17, 15) is 4.79 Å². The largest absolute Gasteiger partial charge is 0.458 e. The van der Waals surface area contributed by atoms with Crippen molar-refractivity contribution in [3.63, 3.8) is 0 Å². The third kappa shape index (κ3) is 9.68. The van der Waals surface area contributed by atoms with Crippen LogP contribution in [0.2, 0.25) is 0 Å². The van der Waals surface area contributed by atoms with Gasteiger partial charge >= 0.3 is 5.97 Å². The van der Waals surface area contributed by atoms with Crippen LogP contribution in [0.3, 0.4) is 0 Å². The Morgan fingerprint density at radius 3 is 2.08 bits per heavy atom. The van der Waals surface area contributed by atoms with E-state index in [1.165, 1.54) is 11.1 Å². The van der Waals surface area contributed by atoms with Crippen LogP contribution in [-0.4, -0.2) is 24.3 Å². The number of benzene rings is 1. The van der Waals surface area contributed by atoms with Gasteiger partial charge in [0, 0.05) is 0 Å². The summed E-state index contributed by atoms with van der Waals surface area (Å²) in [5.41, 5.74) is 4.19. The molecule has 136 valence electrons. The molecular weight excluding hydrogens is 312 g/mol. The molecule has 0 radical (unpaired) electrons. The van der Waals surface area contributed by atoms with Crippen LogP contribution in [0.1, 0.15) is 56.8 Å². The summed E-state index contributed by atoms with van der Waals surface area (Å²) >= 11 is 0. The van der Waals surface area contributed by atoms with E-state index in [0.29, 0.717) is 12.2 Å². The molecule has 1 aromatic carbocycles. The Morgan fingerprint density at radius 1 is 0.920 bits per heavy atom. The first kappa shape index (κ1) is 20.9. The highest BCUT2D eigenvalue weighted by atomic mass is 16.5. The van der Waals surface area contributed by atoms with Crippen molar-refractivity contribution < 1.29 is 14.6 Å². The second-order valence-electron chi connectivity index (χ2n) is 6.35. The lowest BCUT2D eigenvalue weighted by Crippen LogP contribution is -2.04. The van der Waals surface area contributed by atoms with Gasteiger partial charge in [-0.2, -0.15) is 0 Å². The number of hydrogen-bond donors (Lipinski definition) is 1. The highest BCUT2D eigenvalue weighted by Crippen LogP contribution is 2.11. The molecule has 0 bridgehead atoms. The van der Waals surface area contributed by atoms with Crippen molar-refractivity contribution in [1.29, 1.82) is 0 Å². The first-order valence-corrected chi connectivity index (χ1v) is 8.83. The molecule has 0 amide bonds. The minimum absolute atomic E-state index is 0.140. The standard InChI is InChI=1S/C22H30O3/c1-18(10-8-12-20(3)17-23)9-7-11-19(2)15-16-25-22(24)21-13-5-4-6-14-21/h4-6,9,12-15,23H,7-8,10-11,16-17H2,1-3H3/b18-9+,19-15+,20-12+. The lowest BCUT2D eigenvalue weighted by Gasteiger charge is -2.04. The molecule has 0 aliphatic heterocycles. The van der Waals surface area contributed by atoms with Crippen LogP contribution in [0.25, 0.3) is 0 Å². The van der Waals surface area contributed by atoms with E-state index >= 15 is 0 Å². The summed E-state index contributed by atoms with van der Waals surface area (Å²) < 4.78 is 5.25. The van der Waals surface area contributed by atoms with Crippen LogP contribution in [0, 0.1) is 0 Å². The van der Waals surface area contributed by atoms with Crippen molar-refractivity contribution >= 4 is 5.97 Å². The molecule has 25 heavy (non-hydrogen) atoms. The fraction of sp³-hybridized carbons (Fsp3) is 0.409. The van der Waals surface area contributed by atoms with Gasteiger partial charge in [0.2, 0.25) is 0 Å². The minimum atomic E-state index is -0.286. The van der Waals surface area contributed by atoms with Gasteiger partial charge in [-0.25, -0.2) is 4.79 Å². The van der Waals surface area contributed by atoms with Crippen LogP contribution in [0.5, 0.6) is 0 Å². The van der Waals surface area contributed by atoms with E-state index in [-0.39, 0.29) is 12.6 Å². The van der Waals surface area contributed by atoms with E-state index in [0.717, 1.165) is 31.3 Å². The zero-order valence-electron chi connectivity index (χ0n) is 15.6. The number of rotatable bonds is 10. The third-order valence-electron chi connectivity index (χ3n) is 3.97. The molecule has 0 unspecified atom stereocenters.